The van der Waals surface area contributed by atoms with E-state index in [4.69, 9.17) is 10.1 Å². The van der Waals surface area contributed by atoms with Crippen molar-refractivity contribution in [3.8, 4) is 0 Å². The average Bonchev–Trinajstić information content (AvgIpc) is 2.60. The van der Waals surface area contributed by atoms with Crippen LogP contribution in [-0.4, -0.2) is 16.1 Å². The van der Waals surface area contributed by atoms with Crippen LogP contribution < -0.4 is 0 Å². The van der Waals surface area contributed by atoms with Crippen molar-refractivity contribution in [1.29, 1.82) is 0 Å². The van der Waals surface area contributed by atoms with E-state index in [1.54, 1.807) is 0 Å². The highest BCUT2D eigenvalue weighted by molar-refractivity contribution is 5.83. The fourth-order valence-corrected chi connectivity index (χ4v) is 3.49. The molecule has 0 fully saturated rings. The predicted molar refractivity (Wildman–Crippen MR) is 104 cm³/mol. The van der Waals surface area contributed by atoms with Crippen molar-refractivity contribution in [3.05, 3.63) is 41.1 Å². The van der Waals surface area contributed by atoms with Gasteiger partial charge in [-0.15, -0.1) is 0 Å². The number of pyridine rings is 1. The molecule has 2 aromatic rings. The first-order valence-corrected chi connectivity index (χ1v) is 9.72. The molecule has 0 aliphatic heterocycles. The van der Waals surface area contributed by atoms with Gasteiger partial charge < -0.3 is 5.11 Å². The number of unbranched alkanes of at least 4 members (excludes halogenated alkanes) is 5. The molecule has 0 aliphatic carbocycles. The minimum Gasteiger partial charge on any atom is -0.481 e. The van der Waals surface area contributed by atoms with Gasteiger partial charge in [0.15, 0.2) is 0 Å². The summed E-state index contributed by atoms with van der Waals surface area (Å²) in [6.45, 7) is 4.40. The number of rotatable bonds is 11. The molecular formula is C22H31NO2. The Morgan fingerprint density at radius 1 is 1.00 bits per heavy atom. The molecule has 0 spiro atoms. The van der Waals surface area contributed by atoms with Gasteiger partial charge in [-0.3, -0.25) is 9.78 Å². The summed E-state index contributed by atoms with van der Waals surface area (Å²) in [6.07, 6.45) is 10.5. The molecule has 0 atom stereocenters. The minimum atomic E-state index is -0.719. The smallest absolute Gasteiger partial charge is 0.303 e. The van der Waals surface area contributed by atoms with E-state index >= 15 is 0 Å². The van der Waals surface area contributed by atoms with Gasteiger partial charge in [0, 0.05) is 17.5 Å². The Hall–Kier alpha value is -1.90. The van der Waals surface area contributed by atoms with Crippen LogP contribution in [0.15, 0.2) is 24.3 Å². The Kier molecular flexibility index (Phi) is 7.90. The molecule has 25 heavy (non-hydrogen) atoms. The summed E-state index contributed by atoms with van der Waals surface area (Å²) in [5.41, 5.74) is 4.78. The van der Waals surface area contributed by atoms with Crippen molar-refractivity contribution >= 4 is 16.9 Å². The molecule has 1 aromatic heterocycles. The summed E-state index contributed by atoms with van der Waals surface area (Å²) in [6, 6.07) is 8.25. The number of benzene rings is 1. The monoisotopic (exact) mass is 341 g/mol. The lowest BCUT2D eigenvalue weighted by molar-refractivity contribution is -0.137. The van der Waals surface area contributed by atoms with Crippen molar-refractivity contribution in [2.24, 2.45) is 0 Å². The number of para-hydroxylation sites is 1. The molecule has 0 saturated heterocycles. The van der Waals surface area contributed by atoms with Gasteiger partial charge in [-0.1, -0.05) is 57.2 Å². The van der Waals surface area contributed by atoms with Gasteiger partial charge in [0.25, 0.3) is 0 Å². The Morgan fingerprint density at radius 2 is 1.72 bits per heavy atom. The molecule has 3 nitrogen and oxygen atoms in total. The van der Waals surface area contributed by atoms with Crippen LogP contribution in [-0.2, 0) is 17.6 Å². The number of hydrogen-bond acceptors (Lipinski definition) is 2. The fraction of sp³-hybridized carbons (Fsp3) is 0.545. The lowest BCUT2D eigenvalue weighted by atomic mass is 9.95. The molecule has 3 heteroatoms. The molecule has 0 bridgehead atoms. The maximum atomic E-state index is 10.8. The number of aromatic nitrogens is 1. The summed E-state index contributed by atoms with van der Waals surface area (Å²) < 4.78 is 0. The number of aryl methyl sites for hydroxylation is 2. The van der Waals surface area contributed by atoms with Gasteiger partial charge in [0.2, 0.25) is 0 Å². The fourth-order valence-electron chi connectivity index (χ4n) is 3.49. The predicted octanol–water partition coefficient (Wildman–Crippen LogP) is 5.85. The number of carboxylic acids is 1. The van der Waals surface area contributed by atoms with E-state index in [-0.39, 0.29) is 6.42 Å². The van der Waals surface area contributed by atoms with E-state index in [1.807, 2.05) is 12.1 Å². The first kappa shape index (κ1) is 19.4. The van der Waals surface area contributed by atoms with Gasteiger partial charge in [0.05, 0.1) is 5.52 Å². The molecule has 1 heterocycles. The summed E-state index contributed by atoms with van der Waals surface area (Å²) in [7, 11) is 0. The second-order valence-corrected chi connectivity index (χ2v) is 6.94. The molecule has 136 valence electrons. The van der Waals surface area contributed by atoms with Crippen LogP contribution in [0.4, 0.5) is 0 Å². The zero-order valence-corrected chi connectivity index (χ0v) is 15.7. The molecule has 1 N–H and O–H groups in total. The van der Waals surface area contributed by atoms with Crippen molar-refractivity contribution in [2.45, 2.75) is 78.1 Å². The van der Waals surface area contributed by atoms with Crippen LogP contribution in [0, 0.1) is 6.92 Å². The molecule has 0 saturated carbocycles. The normalized spacial score (nSPS) is 11.1. The van der Waals surface area contributed by atoms with E-state index in [9.17, 15) is 4.79 Å². The van der Waals surface area contributed by atoms with Crippen LogP contribution in [0.5, 0.6) is 0 Å². The summed E-state index contributed by atoms with van der Waals surface area (Å²) in [5.74, 6) is -0.719. The van der Waals surface area contributed by atoms with Gasteiger partial charge >= 0.3 is 5.97 Å². The maximum Gasteiger partial charge on any atom is 0.303 e. The SMILES string of the molecule is CCCCCCCCc1nc2ccccc2c(CCCC(=O)O)c1C. The number of aliphatic carboxylic acids is 1. The average molecular weight is 341 g/mol. The highest BCUT2D eigenvalue weighted by atomic mass is 16.4. The first-order chi connectivity index (χ1) is 12.1. The second-order valence-electron chi connectivity index (χ2n) is 6.94. The van der Waals surface area contributed by atoms with Crippen LogP contribution in [0.25, 0.3) is 10.9 Å². The van der Waals surface area contributed by atoms with Gasteiger partial charge in [-0.2, -0.15) is 0 Å². The number of fused-ring (bicyclic) bond motifs is 1. The number of nitrogens with zero attached hydrogens (tertiary/aromatic N) is 1. The van der Waals surface area contributed by atoms with Gasteiger partial charge in [-0.25, -0.2) is 0 Å². The molecule has 1 aromatic carbocycles. The van der Waals surface area contributed by atoms with E-state index < -0.39 is 5.97 Å². The molecule has 0 radical (unpaired) electrons. The second kappa shape index (κ2) is 10.2. The highest BCUT2D eigenvalue weighted by Crippen LogP contribution is 2.26. The Bertz CT molecular complexity index is 694. The highest BCUT2D eigenvalue weighted by Gasteiger charge is 2.12. The molecule has 2 rings (SSSR count). The van der Waals surface area contributed by atoms with Crippen LogP contribution in [0.3, 0.4) is 0 Å². The van der Waals surface area contributed by atoms with Gasteiger partial charge in [-0.05, 0) is 49.8 Å². The zero-order valence-electron chi connectivity index (χ0n) is 15.7. The van der Waals surface area contributed by atoms with E-state index in [0.29, 0.717) is 6.42 Å². The molecule has 0 unspecified atom stereocenters. The van der Waals surface area contributed by atoms with E-state index in [1.165, 1.54) is 60.7 Å². The van der Waals surface area contributed by atoms with E-state index in [0.717, 1.165) is 18.4 Å². The topological polar surface area (TPSA) is 50.2 Å². The van der Waals surface area contributed by atoms with Crippen LogP contribution >= 0.6 is 0 Å². The van der Waals surface area contributed by atoms with Crippen molar-refractivity contribution < 1.29 is 9.90 Å². The largest absolute Gasteiger partial charge is 0.481 e. The third-order valence-electron chi connectivity index (χ3n) is 4.95. The molecule has 0 aliphatic rings. The Morgan fingerprint density at radius 3 is 2.48 bits per heavy atom. The summed E-state index contributed by atoms with van der Waals surface area (Å²) in [5, 5.41) is 10.1. The number of carbonyl (C=O) groups is 1. The quantitative estimate of drug-likeness (QED) is 0.521. The summed E-state index contributed by atoms with van der Waals surface area (Å²) >= 11 is 0. The van der Waals surface area contributed by atoms with E-state index in [2.05, 4.69) is 26.0 Å². The molecular weight excluding hydrogens is 310 g/mol. The lowest BCUT2D eigenvalue weighted by Gasteiger charge is -2.14. The summed E-state index contributed by atoms with van der Waals surface area (Å²) in [4.78, 5) is 15.7. The van der Waals surface area contributed by atoms with Crippen molar-refractivity contribution in [2.75, 3.05) is 0 Å². The minimum absolute atomic E-state index is 0.225. The Labute approximate surface area is 151 Å². The maximum absolute atomic E-state index is 10.8. The molecule has 0 amide bonds. The standard InChI is InChI=1S/C22H31NO2/c1-3-4-5-6-7-8-14-20-17(2)18(13-11-16-22(24)25)19-12-9-10-15-21(19)23-20/h9-10,12,15H,3-8,11,13-14,16H2,1-2H3,(H,24,25). The zero-order chi connectivity index (χ0) is 18.1. The number of carboxylic acid groups (broad SMARTS) is 1. The third kappa shape index (κ3) is 5.84. The van der Waals surface area contributed by atoms with Crippen LogP contribution in [0.1, 0.15) is 75.1 Å². The van der Waals surface area contributed by atoms with Crippen molar-refractivity contribution in [3.63, 3.8) is 0 Å². The number of hydrogen-bond donors (Lipinski definition) is 1. The van der Waals surface area contributed by atoms with Crippen LogP contribution in [0.2, 0.25) is 0 Å². The first-order valence-electron chi connectivity index (χ1n) is 9.72. The van der Waals surface area contributed by atoms with Crippen molar-refractivity contribution in [1.82, 2.24) is 4.98 Å². The Balaban J connectivity index is 2.11. The lowest BCUT2D eigenvalue weighted by Crippen LogP contribution is -2.03. The van der Waals surface area contributed by atoms with Gasteiger partial charge in [0.1, 0.15) is 0 Å². The third-order valence-corrected chi connectivity index (χ3v) is 4.95.